The maximum Gasteiger partial charge on any atom is 0.213 e. The molecule has 0 spiro atoms. The Morgan fingerprint density at radius 3 is 2.56 bits per heavy atom. The molecule has 0 saturated carbocycles. The van der Waals surface area contributed by atoms with Crippen molar-refractivity contribution >= 4 is 0 Å². The molecule has 18 heavy (non-hydrogen) atoms. The van der Waals surface area contributed by atoms with Crippen LogP contribution in [0.4, 0.5) is 0 Å². The molecule has 94 valence electrons. The summed E-state index contributed by atoms with van der Waals surface area (Å²) in [5.41, 5.74) is 0.781. The number of pyridine rings is 1. The summed E-state index contributed by atoms with van der Waals surface area (Å²) in [5.74, 6) is 1.32. The molecule has 0 fully saturated rings. The molecule has 0 saturated heterocycles. The average molecular weight is 245 g/mol. The molecule has 0 unspecified atom stereocenters. The number of aromatic nitrogens is 1. The third-order valence-electron chi connectivity index (χ3n) is 2.33. The number of aliphatic hydroxyl groups is 1. The summed E-state index contributed by atoms with van der Waals surface area (Å²) in [4.78, 5) is 4.04. The second-order valence-electron chi connectivity index (χ2n) is 3.67. The minimum atomic E-state index is -0.0145. The molecule has 0 aliphatic carbocycles. The molecule has 0 aliphatic rings. The van der Waals surface area contributed by atoms with Crippen molar-refractivity contribution in [3.8, 4) is 11.6 Å². The molecule has 4 nitrogen and oxygen atoms in total. The molecule has 0 bridgehead atoms. The Bertz CT molecular complexity index is 473. The normalized spacial score (nSPS) is 10.1. The minimum Gasteiger partial charge on any atom is -0.490 e. The third-order valence-corrected chi connectivity index (χ3v) is 2.33. The van der Waals surface area contributed by atoms with Crippen LogP contribution < -0.4 is 9.47 Å². The van der Waals surface area contributed by atoms with Gasteiger partial charge in [0.15, 0.2) is 0 Å². The lowest BCUT2D eigenvalue weighted by Gasteiger charge is -2.08. The van der Waals surface area contributed by atoms with Crippen molar-refractivity contribution < 1.29 is 14.6 Å². The monoisotopic (exact) mass is 245 g/mol. The largest absolute Gasteiger partial charge is 0.490 e. The maximum atomic E-state index is 8.97. The third kappa shape index (κ3) is 3.75. The molecule has 0 atom stereocenters. The van der Waals surface area contributed by atoms with Gasteiger partial charge in [0.05, 0.1) is 6.61 Å². The fourth-order valence-corrected chi connectivity index (χ4v) is 1.45. The van der Waals surface area contributed by atoms with Gasteiger partial charge in [-0.3, -0.25) is 0 Å². The van der Waals surface area contributed by atoms with E-state index in [4.69, 9.17) is 14.6 Å². The fourth-order valence-electron chi connectivity index (χ4n) is 1.45. The average Bonchev–Trinajstić information content (AvgIpc) is 2.45. The molecule has 2 aromatic rings. The summed E-state index contributed by atoms with van der Waals surface area (Å²) < 4.78 is 10.9. The molecule has 1 heterocycles. The zero-order chi connectivity index (χ0) is 12.6. The van der Waals surface area contributed by atoms with E-state index in [1.54, 1.807) is 18.3 Å². The van der Waals surface area contributed by atoms with Crippen molar-refractivity contribution in [3.05, 3.63) is 54.2 Å². The van der Waals surface area contributed by atoms with Crippen molar-refractivity contribution in [1.29, 1.82) is 0 Å². The Hall–Kier alpha value is -2.07. The smallest absolute Gasteiger partial charge is 0.213 e. The van der Waals surface area contributed by atoms with E-state index in [9.17, 15) is 0 Å². The van der Waals surface area contributed by atoms with Crippen LogP contribution in [0.25, 0.3) is 0 Å². The SMILES string of the molecule is OCc1ccnc(OCCOc2ccccc2)c1. The van der Waals surface area contributed by atoms with Gasteiger partial charge in [-0.25, -0.2) is 4.98 Å². The van der Waals surface area contributed by atoms with E-state index in [1.807, 2.05) is 30.3 Å². The topological polar surface area (TPSA) is 51.6 Å². The highest BCUT2D eigenvalue weighted by atomic mass is 16.5. The predicted molar refractivity (Wildman–Crippen MR) is 67.6 cm³/mol. The van der Waals surface area contributed by atoms with Crippen LogP contribution in [-0.4, -0.2) is 23.3 Å². The van der Waals surface area contributed by atoms with Gasteiger partial charge in [0.1, 0.15) is 19.0 Å². The highest BCUT2D eigenvalue weighted by Gasteiger charge is 1.98. The zero-order valence-electron chi connectivity index (χ0n) is 9.95. The van der Waals surface area contributed by atoms with Gasteiger partial charge in [0, 0.05) is 12.3 Å². The van der Waals surface area contributed by atoms with Gasteiger partial charge in [0.25, 0.3) is 0 Å². The van der Waals surface area contributed by atoms with E-state index < -0.39 is 0 Å². The molecular weight excluding hydrogens is 230 g/mol. The van der Waals surface area contributed by atoms with Gasteiger partial charge < -0.3 is 14.6 Å². The first-order valence-electron chi connectivity index (χ1n) is 5.75. The highest BCUT2D eigenvalue weighted by Crippen LogP contribution is 2.10. The maximum absolute atomic E-state index is 8.97. The highest BCUT2D eigenvalue weighted by molar-refractivity contribution is 5.21. The van der Waals surface area contributed by atoms with E-state index in [0.29, 0.717) is 19.1 Å². The summed E-state index contributed by atoms with van der Waals surface area (Å²) >= 11 is 0. The fraction of sp³-hybridized carbons (Fsp3) is 0.214. The molecule has 2 rings (SSSR count). The molecule has 4 heteroatoms. The molecule has 0 aliphatic heterocycles. The molecule has 0 amide bonds. The van der Waals surface area contributed by atoms with E-state index in [0.717, 1.165) is 11.3 Å². The summed E-state index contributed by atoms with van der Waals surface area (Å²) in [5, 5.41) is 8.97. The Balaban J connectivity index is 1.75. The molecular formula is C14H15NO3. The van der Waals surface area contributed by atoms with Crippen molar-refractivity contribution in [3.63, 3.8) is 0 Å². The standard InChI is InChI=1S/C14H15NO3/c16-11-12-6-7-15-14(10-12)18-9-8-17-13-4-2-1-3-5-13/h1-7,10,16H,8-9,11H2. The number of benzene rings is 1. The van der Waals surface area contributed by atoms with Crippen LogP contribution in [0, 0.1) is 0 Å². The first-order valence-corrected chi connectivity index (χ1v) is 5.75. The molecule has 1 aromatic heterocycles. The van der Waals surface area contributed by atoms with E-state index in [2.05, 4.69) is 4.98 Å². The van der Waals surface area contributed by atoms with E-state index in [1.165, 1.54) is 0 Å². The van der Waals surface area contributed by atoms with Gasteiger partial charge in [-0.15, -0.1) is 0 Å². The number of hydrogen-bond donors (Lipinski definition) is 1. The van der Waals surface area contributed by atoms with Crippen LogP contribution in [0.3, 0.4) is 0 Å². The second-order valence-corrected chi connectivity index (χ2v) is 3.67. The number of ether oxygens (including phenoxy) is 2. The van der Waals surface area contributed by atoms with Gasteiger partial charge in [-0.05, 0) is 23.8 Å². The number of para-hydroxylation sites is 1. The number of aliphatic hydroxyl groups excluding tert-OH is 1. The Morgan fingerprint density at radius 1 is 1.00 bits per heavy atom. The van der Waals surface area contributed by atoms with Crippen molar-refractivity contribution in [2.75, 3.05) is 13.2 Å². The molecule has 1 N–H and O–H groups in total. The number of nitrogens with zero attached hydrogens (tertiary/aromatic N) is 1. The van der Waals surface area contributed by atoms with Gasteiger partial charge in [0.2, 0.25) is 5.88 Å². The Morgan fingerprint density at radius 2 is 1.78 bits per heavy atom. The van der Waals surface area contributed by atoms with Gasteiger partial charge >= 0.3 is 0 Å². The zero-order valence-corrected chi connectivity index (χ0v) is 9.95. The lowest BCUT2D eigenvalue weighted by atomic mass is 10.3. The van der Waals surface area contributed by atoms with Crippen molar-refractivity contribution in [2.24, 2.45) is 0 Å². The van der Waals surface area contributed by atoms with Crippen LogP contribution in [0.15, 0.2) is 48.7 Å². The van der Waals surface area contributed by atoms with Crippen LogP contribution in [0.1, 0.15) is 5.56 Å². The van der Waals surface area contributed by atoms with E-state index in [-0.39, 0.29) is 6.61 Å². The second kappa shape index (κ2) is 6.61. The quantitative estimate of drug-likeness (QED) is 0.791. The lowest BCUT2D eigenvalue weighted by molar-refractivity contribution is 0.211. The Kier molecular flexibility index (Phi) is 4.55. The summed E-state index contributed by atoms with van der Waals surface area (Å²) in [6.45, 7) is 0.852. The first kappa shape index (κ1) is 12.4. The molecule has 1 aromatic carbocycles. The number of rotatable bonds is 6. The van der Waals surface area contributed by atoms with Gasteiger partial charge in [-0.2, -0.15) is 0 Å². The van der Waals surface area contributed by atoms with Crippen molar-refractivity contribution in [1.82, 2.24) is 4.98 Å². The van der Waals surface area contributed by atoms with E-state index >= 15 is 0 Å². The summed E-state index contributed by atoms with van der Waals surface area (Å²) in [6, 6.07) is 13.0. The van der Waals surface area contributed by atoms with Crippen molar-refractivity contribution in [2.45, 2.75) is 6.61 Å². The summed E-state index contributed by atoms with van der Waals surface area (Å²) in [6.07, 6.45) is 1.61. The van der Waals surface area contributed by atoms with Crippen LogP contribution in [-0.2, 0) is 6.61 Å². The van der Waals surface area contributed by atoms with Crippen LogP contribution >= 0.6 is 0 Å². The lowest BCUT2D eigenvalue weighted by Crippen LogP contribution is -2.09. The Labute approximate surface area is 106 Å². The first-order chi connectivity index (χ1) is 8.88. The predicted octanol–water partition coefficient (Wildman–Crippen LogP) is 2.03. The number of hydrogen-bond acceptors (Lipinski definition) is 4. The van der Waals surface area contributed by atoms with Crippen LogP contribution in [0.2, 0.25) is 0 Å². The van der Waals surface area contributed by atoms with Gasteiger partial charge in [-0.1, -0.05) is 18.2 Å². The minimum absolute atomic E-state index is 0.0145. The molecule has 0 radical (unpaired) electrons. The van der Waals surface area contributed by atoms with Crippen LogP contribution in [0.5, 0.6) is 11.6 Å². The summed E-state index contributed by atoms with van der Waals surface area (Å²) in [7, 11) is 0.